The lowest BCUT2D eigenvalue weighted by Crippen LogP contribution is -2.11. The first-order valence-corrected chi connectivity index (χ1v) is 8.47. The number of hydrogen-bond acceptors (Lipinski definition) is 8. The van der Waals surface area contributed by atoms with Gasteiger partial charge in [0.2, 0.25) is 0 Å². The molecule has 0 unspecified atom stereocenters. The fourth-order valence-corrected chi connectivity index (χ4v) is 2.33. The molecule has 0 aliphatic carbocycles. The molecule has 1 aromatic heterocycles. The van der Waals surface area contributed by atoms with Gasteiger partial charge in [-0.05, 0) is 12.1 Å². The zero-order valence-electron chi connectivity index (χ0n) is 14.9. The smallest absolute Gasteiger partial charge is 0.189 e. The molecule has 1 aromatic carbocycles. The molecule has 2 aromatic rings. The fraction of sp³-hybridized carbons (Fsp3) is 0.471. The molecule has 0 aliphatic heterocycles. The Bertz CT molecular complexity index is 638. The summed E-state index contributed by atoms with van der Waals surface area (Å²) in [5.41, 5.74) is 0.683. The predicted molar refractivity (Wildman–Crippen MR) is 97.9 cm³/mol. The van der Waals surface area contributed by atoms with Crippen molar-refractivity contribution in [3.63, 3.8) is 0 Å². The third-order valence-electron chi connectivity index (χ3n) is 3.28. The lowest BCUT2D eigenvalue weighted by Gasteiger charge is -2.17. The molecular formula is C17H24N2O6S. The van der Waals surface area contributed by atoms with Gasteiger partial charge in [0, 0.05) is 31.5 Å². The van der Waals surface area contributed by atoms with Crippen LogP contribution in [0.25, 0.3) is 11.4 Å². The van der Waals surface area contributed by atoms with Crippen LogP contribution in [0.5, 0.6) is 11.5 Å². The summed E-state index contributed by atoms with van der Waals surface area (Å²) in [7, 11) is 3.22. The second-order valence-corrected chi connectivity index (χ2v) is 5.53. The van der Waals surface area contributed by atoms with E-state index in [-0.39, 0.29) is 13.6 Å². The molecule has 26 heavy (non-hydrogen) atoms. The number of nitrogens with one attached hydrogen (secondary N) is 1. The summed E-state index contributed by atoms with van der Waals surface area (Å²) in [6, 6.07) is 3.57. The van der Waals surface area contributed by atoms with Crippen LogP contribution in [0.3, 0.4) is 0 Å². The van der Waals surface area contributed by atoms with Crippen molar-refractivity contribution >= 4 is 12.6 Å². The zero-order chi connectivity index (χ0) is 18.6. The molecule has 8 nitrogen and oxygen atoms in total. The standard InChI is InChI=1S/C17H24N2O6S/c1-20-7-9-22-11-24-13-3-4-14(26)15(17-18-5-6-19-17)16(13)25-12-23-10-8-21-2/h3-6,26H,7-12H2,1-2H3,(H,18,19). The van der Waals surface area contributed by atoms with Gasteiger partial charge in [0.25, 0.3) is 0 Å². The molecule has 0 saturated carbocycles. The molecule has 0 radical (unpaired) electrons. The van der Waals surface area contributed by atoms with Crippen molar-refractivity contribution < 1.29 is 28.4 Å². The highest BCUT2D eigenvalue weighted by molar-refractivity contribution is 7.80. The Labute approximate surface area is 158 Å². The van der Waals surface area contributed by atoms with E-state index in [1.54, 1.807) is 32.7 Å². The number of nitrogens with zero attached hydrogens (tertiary/aromatic N) is 1. The van der Waals surface area contributed by atoms with Crippen LogP contribution in [0.15, 0.2) is 29.4 Å². The van der Waals surface area contributed by atoms with E-state index >= 15 is 0 Å². The highest BCUT2D eigenvalue weighted by atomic mass is 32.1. The number of H-pyrrole nitrogens is 1. The highest BCUT2D eigenvalue weighted by Crippen LogP contribution is 2.41. The summed E-state index contributed by atoms with van der Waals surface area (Å²) in [5, 5.41) is 0. The number of rotatable bonds is 13. The van der Waals surface area contributed by atoms with Crippen LogP contribution in [-0.4, -0.2) is 64.2 Å². The number of methoxy groups -OCH3 is 2. The Hall–Kier alpha value is -1.78. The molecule has 0 aliphatic rings. The number of thiol groups is 1. The van der Waals surface area contributed by atoms with E-state index in [1.165, 1.54) is 0 Å². The summed E-state index contributed by atoms with van der Waals surface area (Å²) >= 11 is 4.51. The van der Waals surface area contributed by atoms with Gasteiger partial charge in [0.1, 0.15) is 5.82 Å². The monoisotopic (exact) mass is 384 g/mol. The predicted octanol–water partition coefficient (Wildman–Crippen LogP) is 2.36. The highest BCUT2D eigenvalue weighted by Gasteiger charge is 2.18. The second kappa shape index (κ2) is 11.8. The summed E-state index contributed by atoms with van der Waals surface area (Å²) < 4.78 is 32.1. The Morgan fingerprint density at radius 3 is 2.27 bits per heavy atom. The first kappa shape index (κ1) is 20.5. The number of benzene rings is 1. The zero-order valence-corrected chi connectivity index (χ0v) is 15.8. The van der Waals surface area contributed by atoms with E-state index in [1.807, 2.05) is 6.07 Å². The van der Waals surface area contributed by atoms with Gasteiger partial charge in [-0.3, -0.25) is 0 Å². The number of imidazole rings is 1. The van der Waals surface area contributed by atoms with Crippen LogP contribution in [-0.2, 0) is 18.9 Å². The first-order chi connectivity index (χ1) is 12.8. The lowest BCUT2D eigenvalue weighted by atomic mass is 10.1. The van der Waals surface area contributed by atoms with Crippen molar-refractivity contribution in [3.8, 4) is 22.9 Å². The van der Waals surface area contributed by atoms with Crippen molar-refractivity contribution in [2.24, 2.45) is 0 Å². The van der Waals surface area contributed by atoms with Gasteiger partial charge in [0.15, 0.2) is 25.1 Å². The minimum atomic E-state index is 0.0369. The number of hydrogen-bond donors (Lipinski definition) is 2. The van der Waals surface area contributed by atoms with Gasteiger partial charge in [-0.15, -0.1) is 12.6 Å². The summed E-state index contributed by atoms with van der Waals surface area (Å²) in [5.74, 6) is 1.59. The van der Waals surface area contributed by atoms with E-state index < -0.39 is 0 Å². The molecule has 9 heteroatoms. The van der Waals surface area contributed by atoms with E-state index in [9.17, 15) is 0 Å². The van der Waals surface area contributed by atoms with E-state index in [2.05, 4.69) is 22.6 Å². The van der Waals surface area contributed by atoms with Gasteiger partial charge in [0.05, 0.1) is 32.0 Å². The maximum atomic E-state index is 5.81. The Balaban J connectivity index is 2.13. The SMILES string of the molecule is COCCOCOc1ccc(S)c(-c2ncc[nH]2)c1OCOCCOC. The molecule has 1 heterocycles. The maximum Gasteiger partial charge on any atom is 0.189 e. The van der Waals surface area contributed by atoms with Crippen molar-refractivity contribution in [1.82, 2.24) is 9.97 Å². The van der Waals surface area contributed by atoms with Crippen LogP contribution in [0, 0.1) is 0 Å². The molecule has 0 spiro atoms. The molecule has 2 rings (SSSR count). The average Bonchev–Trinajstić information content (AvgIpc) is 3.17. The van der Waals surface area contributed by atoms with Gasteiger partial charge >= 0.3 is 0 Å². The molecule has 0 amide bonds. The minimum Gasteiger partial charge on any atom is -0.464 e. The van der Waals surface area contributed by atoms with Gasteiger partial charge in [-0.25, -0.2) is 4.98 Å². The number of aromatic nitrogens is 2. The number of aromatic amines is 1. The Morgan fingerprint density at radius 2 is 1.65 bits per heavy atom. The molecule has 144 valence electrons. The summed E-state index contributed by atoms with van der Waals surface area (Å²) in [6.45, 7) is 1.93. The van der Waals surface area contributed by atoms with Crippen molar-refractivity contribution in [3.05, 3.63) is 24.5 Å². The van der Waals surface area contributed by atoms with Crippen molar-refractivity contribution in [2.45, 2.75) is 4.90 Å². The summed E-state index contributed by atoms with van der Waals surface area (Å²) in [4.78, 5) is 8.03. The molecule has 0 atom stereocenters. The van der Waals surface area contributed by atoms with Gasteiger partial charge in [-0.1, -0.05) is 0 Å². The van der Waals surface area contributed by atoms with E-state index in [0.29, 0.717) is 54.2 Å². The van der Waals surface area contributed by atoms with Crippen LogP contribution in [0.2, 0.25) is 0 Å². The van der Waals surface area contributed by atoms with Crippen molar-refractivity contribution in [1.29, 1.82) is 0 Å². The van der Waals surface area contributed by atoms with Crippen LogP contribution in [0.1, 0.15) is 0 Å². The van der Waals surface area contributed by atoms with Crippen LogP contribution < -0.4 is 9.47 Å². The third kappa shape index (κ3) is 6.19. The van der Waals surface area contributed by atoms with Crippen LogP contribution >= 0.6 is 12.6 Å². The Kier molecular flexibility index (Phi) is 9.29. The molecule has 1 N–H and O–H groups in total. The second-order valence-electron chi connectivity index (χ2n) is 5.05. The van der Waals surface area contributed by atoms with Crippen LogP contribution in [0.4, 0.5) is 0 Å². The molecule has 0 fully saturated rings. The first-order valence-electron chi connectivity index (χ1n) is 8.02. The Morgan fingerprint density at radius 1 is 0.962 bits per heavy atom. The quantitative estimate of drug-likeness (QED) is 0.312. The molecule has 0 saturated heterocycles. The lowest BCUT2D eigenvalue weighted by molar-refractivity contribution is -0.0206. The van der Waals surface area contributed by atoms with Gasteiger partial charge in [-0.2, -0.15) is 0 Å². The fourth-order valence-electron chi connectivity index (χ4n) is 2.05. The number of ether oxygens (including phenoxy) is 6. The van der Waals surface area contributed by atoms with E-state index in [4.69, 9.17) is 28.4 Å². The largest absolute Gasteiger partial charge is 0.464 e. The van der Waals surface area contributed by atoms with Crippen molar-refractivity contribution in [2.75, 3.05) is 54.2 Å². The summed E-state index contributed by atoms with van der Waals surface area (Å²) in [6.07, 6.45) is 3.38. The minimum absolute atomic E-state index is 0.0369. The maximum absolute atomic E-state index is 5.81. The van der Waals surface area contributed by atoms with E-state index in [0.717, 1.165) is 0 Å². The normalized spacial score (nSPS) is 10.9. The average molecular weight is 384 g/mol. The topological polar surface area (TPSA) is 84.1 Å². The third-order valence-corrected chi connectivity index (χ3v) is 3.66. The molecular weight excluding hydrogens is 360 g/mol. The van der Waals surface area contributed by atoms with Gasteiger partial charge < -0.3 is 33.4 Å². The molecule has 0 bridgehead atoms.